The van der Waals surface area contributed by atoms with Gasteiger partial charge in [0, 0.05) is 13.5 Å². The highest BCUT2D eigenvalue weighted by atomic mass is 16.4. The first-order valence-corrected chi connectivity index (χ1v) is 4.41. The van der Waals surface area contributed by atoms with Gasteiger partial charge in [-0.2, -0.15) is 0 Å². The molecule has 0 fully saturated rings. The minimum absolute atomic E-state index is 0.469. The van der Waals surface area contributed by atoms with Gasteiger partial charge < -0.3 is 9.73 Å². The Morgan fingerprint density at radius 2 is 2.50 bits per heavy atom. The molecular weight excluding hydrogens is 182 g/mol. The number of nitrogens with one attached hydrogen (secondary N) is 2. The van der Waals surface area contributed by atoms with E-state index >= 15 is 0 Å². The van der Waals surface area contributed by atoms with Crippen molar-refractivity contribution < 1.29 is 4.42 Å². The van der Waals surface area contributed by atoms with Crippen LogP contribution in [0.15, 0.2) is 15.6 Å². The number of hydrogen-bond acceptors (Lipinski definition) is 4. The summed E-state index contributed by atoms with van der Waals surface area (Å²) in [5, 5.41) is 2.93. The molecule has 0 aliphatic rings. The molecule has 0 radical (unpaired) electrons. The molecule has 1 heterocycles. The summed E-state index contributed by atoms with van der Waals surface area (Å²) in [5.74, 6) is 7.18. The van der Waals surface area contributed by atoms with E-state index in [1.54, 1.807) is 13.2 Å². The summed E-state index contributed by atoms with van der Waals surface area (Å²) < 4.78 is 5.37. The Hall–Kier alpha value is -1.56. The van der Waals surface area contributed by atoms with Crippen LogP contribution in [0.3, 0.4) is 0 Å². The van der Waals surface area contributed by atoms with Crippen LogP contribution in [0.1, 0.15) is 18.6 Å². The third-order valence-corrected chi connectivity index (χ3v) is 1.72. The zero-order valence-electron chi connectivity index (χ0n) is 8.37. The average molecular weight is 197 g/mol. The van der Waals surface area contributed by atoms with Crippen molar-refractivity contribution in [1.82, 2.24) is 15.7 Å². The number of hydrogen-bond donors (Lipinski definition) is 3. The number of guanidine groups is 1. The second kappa shape index (κ2) is 5.23. The molecule has 0 saturated carbocycles. The van der Waals surface area contributed by atoms with E-state index in [1.165, 1.54) is 0 Å². The molecule has 0 amide bonds. The number of nitrogens with zero attached hydrogens (tertiary/aromatic N) is 2. The highest BCUT2D eigenvalue weighted by molar-refractivity contribution is 5.78. The smallest absolute Gasteiger partial charge is 0.213 e. The summed E-state index contributed by atoms with van der Waals surface area (Å²) in [6.07, 6.45) is 2.56. The molecule has 1 aromatic rings. The van der Waals surface area contributed by atoms with Crippen molar-refractivity contribution >= 4 is 5.96 Å². The number of aromatic nitrogens is 1. The van der Waals surface area contributed by atoms with Gasteiger partial charge in [0.15, 0.2) is 0 Å². The zero-order chi connectivity index (χ0) is 10.4. The maximum Gasteiger partial charge on any atom is 0.213 e. The van der Waals surface area contributed by atoms with Crippen LogP contribution in [0.4, 0.5) is 0 Å². The molecule has 0 aliphatic carbocycles. The molecule has 0 spiro atoms. The normalized spacial score (nSPS) is 11.5. The first kappa shape index (κ1) is 10.5. The number of nitrogens with two attached hydrogens (primary N) is 1. The summed E-state index contributed by atoms with van der Waals surface area (Å²) in [5.41, 5.74) is 2.41. The van der Waals surface area contributed by atoms with Crippen molar-refractivity contribution in [2.45, 2.75) is 19.9 Å². The number of oxazole rings is 1. The Balaban J connectivity index is 2.45. The third kappa shape index (κ3) is 2.74. The summed E-state index contributed by atoms with van der Waals surface area (Å²) in [7, 11) is 1.63. The zero-order valence-corrected chi connectivity index (χ0v) is 8.37. The van der Waals surface area contributed by atoms with Gasteiger partial charge in [0.2, 0.25) is 11.9 Å². The first-order chi connectivity index (χ1) is 6.80. The highest BCUT2D eigenvalue weighted by Crippen LogP contribution is 2.03. The Kier molecular flexibility index (Phi) is 3.93. The molecule has 0 aromatic carbocycles. The molecule has 0 saturated heterocycles. The van der Waals surface area contributed by atoms with E-state index in [2.05, 4.69) is 20.7 Å². The predicted octanol–water partition coefficient (Wildman–Crippen LogP) is -0.224. The van der Waals surface area contributed by atoms with Gasteiger partial charge in [0.1, 0.15) is 5.76 Å². The molecular formula is C8H15N5O. The summed E-state index contributed by atoms with van der Waals surface area (Å²) in [6, 6.07) is 0. The molecule has 0 unspecified atom stereocenters. The van der Waals surface area contributed by atoms with Gasteiger partial charge in [-0.1, -0.05) is 6.92 Å². The molecule has 6 nitrogen and oxygen atoms in total. The largest absolute Gasteiger partial charge is 0.444 e. The average Bonchev–Trinajstić information content (AvgIpc) is 2.67. The molecule has 0 bridgehead atoms. The molecule has 6 heteroatoms. The molecule has 0 atom stereocenters. The van der Waals surface area contributed by atoms with Crippen molar-refractivity contribution in [2.24, 2.45) is 10.8 Å². The minimum Gasteiger partial charge on any atom is -0.444 e. The lowest BCUT2D eigenvalue weighted by molar-refractivity contribution is 0.452. The van der Waals surface area contributed by atoms with Crippen molar-refractivity contribution in [3.8, 4) is 0 Å². The molecule has 1 aromatic heterocycles. The van der Waals surface area contributed by atoms with E-state index in [9.17, 15) is 0 Å². The fourth-order valence-corrected chi connectivity index (χ4v) is 0.947. The Morgan fingerprint density at radius 3 is 3.00 bits per heavy atom. The van der Waals surface area contributed by atoms with E-state index in [0.717, 1.165) is 12.2 Å². The minimum atomic E-state index is 0.469. The van der Waals surface area contributed by atoms with Gasteiger partial charge in [0.05, 0.1) is 12.7 Å². The van der Waals surface area contributed by atoms with E-state index < -0.39 is 0 Å². The van der Waals surface area contributed by atoms with Crippen LogP contribution in [-0.4, -0.2) is 18.0 Å². The topological polar surface area (TPSA) is 88.5 Å². The third-order valence-electron chi connectivity index (χ3n) is 1.72. The lowest BCUT2D eigenvalue weighted by Crippen LogP contribution is -2.41. The molecule has 78 valence electrons. The van der Waals surface area contributed by atoms with Gasteiger partial charge in [-0.05, 0) is 0 Å². The van der Waals surface area contributed by atoms with E-state index in [1.807, 2.05) is 6.92 Å². The van der Waals surface area contributed by atoms with E-state index in [4.69, 9.17) is 10.3 Å². The van der Waals surface area contributed by atoms with Crippen molar-refractivity contribution in [3.63, 3.8) is 0 Å². The summed E-state index contributed by atoms with van der Waals surface area (Å²) in [6.45, 7) is 2.48. The van der Waals surface area contributed by atoms with Crippen molar-refractivity contribution in [1.29, 1.82) is 0 Å². The number of hydrazine groups is 1. The lowest BCUT2D eigenvalue weighted by atomic mass is 10.4. The maximum absolute atomic E-state index is 5.37. The van der Waals surface area contributed by atoms with Crippen LogP contribution in [0, 0.1) is 0 Å². The second-order valence-electron chi connectivity index (χ2n) is 2.64. The molecule has 4 N–H and O–H groups in total. The molecule has 0 aliphatic heterocycles. The summed E-state index contributed by atoms with van der Waals surface area (Å²) in [4.78, 5) is 7.92. The van der Waals surface area contributed by atoms with Crippen molar-refractivity contribution in [3.05, 3.63) is 17.8 Å². The van der Waals surface area contributed by atoms with Gasteiger partial charge in [0.25, 0.3) is 0 Å². The number of aliphatic imine (C=N–C) groups is 1. The SMILES string of the molecule is CCc1cnc(CNC(=NC)NN)o1. The Morgan fingerprint density at radius 1 is 1.71 bits per heavy atom. The van der Waals surface area contributed by atoms with Gasteiger partial charge in [-0.15, -0.1) is 0 Å². The van der Waals surface area contributed by atoms with Crippen molar-refractivity contribution in [2.75, 3.05) is 7.05 Å². The molecule has 14 heavy (non-hydrogen) atoms. The highest BCUT2D eigenvalue weighted by Gasteiger charge is 2.02. The second-order valence-corrected chi connectivity index (χ2v) is 2.64. The fraction of sp³-hybridized carbons (Fsp3) is 0.500. The van der Waals surface area contributed by atoms with Crippen LogP contribution < -0.4 is 16.6 Å². The van der Waals surface area contributed by atoms with E-state index in [-0.39, 0.29) is 0 Å². The standard InChI is InChI=1S/C8H15N5O/c1-3-6-4-11-7(14-6)5-12-8(10-2)13-9/h4H,3,5,9H2,1-2H3,(H2,10,12,13). The molecule has 1 rings (SSSR count). The predicted molar refractivity (Wildman–Crippen MR) is 53.4 cm³/mol. The van der Waals surface area contributed by atoms with Gasteiger partial charge >= 0.3 is 0 Å². The maximum atomic E-state index is 5.37. The quantitative estimate of drug-likeness (QED) is 0.270. The lowest BCUT2D eigenvalue weighted by Gasteiger charge is -2.04. The van der Waals surface area contributed by atoms with Crippen LogP contribution in [0.25, 0.3) is 0 Å². The first-order valence-electron chi connectivity index (χ1n) is 4.41. The van der Waals surface area contributed by atoms with Crippen LogP contribution in [0.5, 0.6) is 0 Å². The monoisotopic (exact) mass is 197 g/mol. The fourth-order valence-electron chi connectivity index (χ4n) is 0.947. The van der Waals surface area contributed by atoms with Gasteiger partial charge in [-0.25, -0.2) is 10.8 Å². The Labute approximate surface area is 82.6 Å². The Bertz CT molecular complexity index is 306. The number of rotatable bonds is 3. The van der Waals surface area contributed by atoms with E-state index in [0.29, 0.717) is 18.4 Å². The van der Waals surface area contributed by atoms with Gasteiger partial charge in [-0.3, -0.25) is 10.4 Å². The van der Waals surface area contributed by atoms with Crippen LogP contribution in [-0.2, 0) is 13.0 Å². The van der Waals surface area contributed by atoms with Crippen LogP contribution >= 0.6 is 0 Å². The van der Waals surface area contributed by atoms with Crippen LogP contribution in [0.2, 0.25) is 0 Å². The number of aryl methyl sites for hydroxylation is 1. The summed E-state index contributed by atoms with van der Waals surface area (Å²) >= 11 is 0.